The van der Waals surface area contributed by atoms with Gasteiger partial charge < -0.3 is 5.32 Å². The van der Waals surface area contributed by atoms with E-state index in [1.54, 1.807) is 6.07 Å². The standard InChI is InChI=1S/C20H23FN2O/c1-15-4-9-18(21)12-19(15)20(24)22-13-16-5-7-17(8-6-16)14-23-10-2-3-11-23/h4-9,12H,2-3,10-11,13-14H2,1H3,(H,22,24). The molecular weight excluding hydrogens is 303 g/mol. The number of nitrogens with zero attached hydrogens (tertiary/aromatic N) is 1. The van der Waals surface area contributed by atoms with Gasteiger partial charge in [0.1, 0.15) is 5.82 Å². The molecule has 126 valence electrons. The van der Waals surface area contributed by atoms with Crippen molar-refractivity contribution in [3.8, 4) is 0 Å². The molecule has 0 spiro atoms. The Balaban J connectivity index is 1.56. The maximum absolute atomic E-state index is 13.3. The Labute approximate surface area is 142 Å². The summed E-state index contributed by atoms with van der Waals surface area (Å²) in [6.45, 7) is 5.62. The molecule has 3 rings (SSSR count). The number of aryl methyl sites for hydroxylation is 1. The molecule has 0 aliphatic carbocycles. The molecule has 1 heterocycles. The van der Waals surface area contributed by atoms with E-state index in [2.05, 4.69) is 22.3 Å². The number of amides is 1. The van der Waals surface area contributed by atoms with Crippen LogP contribution in [0.5, 0.6) is 0 Å². The second kappa shape index (κ2) is 7.58. The fraction of sp³-hybridized carbons (Fsp3) is 0.350. The monoisotopic (exact) mass is 326 g/mol. The summed E-state index contributed by atoms with van der Waals surface area (Å²) in [4.78, 5) is 14.7. The lowest BCUT2D eigenvalue weighted by Gasteiger charge is -2.14. The summed E-state index contributed by atoms with van der Waals surface area (Å²) in [6.07, 6.45) is 2.59. The van der Waals surface area contributed by atoms with Crippen LogP contribution in [0.2, 0.25) is 0 Å². The fourth-order valence-corrected chi connectivity index (χ4v) is 3.08. The highest BCUT2D eigenvalue weighted by molar-refractivity contribution is 5.95. The van der Waals surface area contributed by atoms with Crippen molar-refractivity contribution in [3.63, 3.8) is 0 Å². The molecule has 4 heteroatoms. The number of rotatable bonds is 5. The van der Waals surface area contributed by atoms with Gasteiger partial charge in [0, 0.05) is 18.7 Å². The van der Waals surface area contributed by atoms with Crippen LogP contribution in [0, 0.1) is 12.7 Å². The second-order valence-corrected chi connectivity index (χ2v) is 6.44. The number of carbonyl (C=O) groups is 1. The first-order valence-electron chi connectivity index (χ1n) is 8.46. The third-order valence-electron chi connectivity index (χ3n) is 4.53. The number of nitrogens with one attached hydrogen (secondary N) is 1. The molecule has 3 nitrogen and oxygen atoms in total. The molecule has 24 heavy (non-hydrogen) atoms. The number of likely N-dealkylation sites (tertiary alicyclic amines) is 1. The van der Waals surface area contributed by atoms with E-state index in [1.165, 1.54) is 43.6 Å². The van der Waals surface area contributed by atoms with Crippen molar-refractivity contribution in [2.75, 3.05) is 13.1 Å². The molecule has 2 aromatic carbocycles. The van der Waals surface area contributed by atoms with E-state index in [4.69, 9.17) is 0 Å². The second-order valence-electron chi connectivity index (χ2n) is 6.44. The van der Waals surface area contributed by atoms with Gasteiger partial charge in [0.15, 0.2) is 0 Å². The van der Waals surface area contributed by atoms with Gasteiger partial charge in [-0.1, -0.05) is 30.3 Å². The minimum absolute atomic E-state index is 0.242. The van der Waals surface area contributed by atoms with Gasteiger partial charge in [-0.25, -0.2) is 4.39 Å². The van der Waals surface area contributed by atoms with E-state index < -0.39 is 5.82 Å². The van der Waals surface area contributed by atoms with E-state index in [0.29, 0.717) is 12.1 Å². The van der Waals surface area contributed by atoms with Gasteiger partial charge in [0.2, 0.25) is 0 Å². The van der Waals surface area contributed by atoms with Gasteiger partial charge in [-0.15, -0.1) is 0 Å². The summed E-state index contributed by atoms with van der Waals surface area (Å²) in [7, 11) is 0. The Morgan fingerprint density at radius 1 is 1.08 bits per heavy atom. The summed E-state index contributed by atoms with van der Waals surface area (Å²) in [5.41, 5.74) is 3.51. The number of halogens is 1. The normalized spacial score (nSPS) is 14.8. The van der Waals surface area contributed by atoms with Crippen LogP contribution >= 0.6 is 0 Å². The molecule has 1 aliphatic rings. The summed E-state index contributed by atoms with van der Waals surface area (Å²) in [6, 6.07) is 12.6. The van der Waals surface area contributed by atoms with Crippen molar-refractivity contribution in [1.82, 2.24) is 10.2 Å². The smallest absolute Gasteiger partial charge is 0.251 e. The number of carbonyl (C=O) groups excluding carboxylic acids is 1. The van der Waals surface area contributed by atoms with Crippen LogP contribution < -0.4 is 5.32 Å². The Hall–Kier alpha value is -2.20. The number of hydrogen-bond acceptors (Lipinski definition) is 2. The molecule has 1 N–H and O–H groups in total. The first-order valence-corrected chi connectivity index (χ1v) is 8.46. The van der Waals surface area contributed by atoms with Crippen LogP contribution in [0.25, 0.3) is 0 Å². The van der Waals surface area contributed by atoms with Crippen LogP contribution in [0.15, 0.2) is 42.5 Å². The van der Waals surface area contributed by atoms with Crippen molar-refractivity contribution in [2.45, 2.75) is 32.9 Å². The SMILES string of the molecule is Cc1ccc(F)cc1C(=O)NCc1ccc(CN2CCCC2)cc1. The Bertz CT molecular complexity index is 706. The largest absolute Gasteiger partial charge is 0.348 e. The summed E-state index contributed by atoms with van der Waals surface area (Å²) in [5.74, 6) is -0.634. The summed E-state index contributed by atoms with van der Waals surface area (Å²) in [5, 5.41) is 2.86. The molecule has 1 saturated heterocycles. The minimum atomic E-state index is -0.392. The number of hydrogen-bond donors (Lipinski definition) is 1. The van der Waals surface area contributed by atoms with E-state index >= 15 is 0 Å². The van der Waals surface area contributed by atoms with Crippen LogP contribution in [0.4, 0.5) is 4.39 Å². The quantitative estimate of drug-likeness (QED) is 0.909. The lowest BCUT2D eigenvalue weighted by Crippen LogP contribution is -2.23. The van der Waals surface area contributed by atoms with Crippen LogP contribution in [0.3, 0.4) is 0 Å². The highest BCUT2D eigenvalue weighted by atomic mass is 19.1. The molecular formula is C20H23FN2O. The lowest BCUT2D eigenvalue weighted by molar-refractivity contribution is 0.0950. The van der Waals surface area contributed by atoms with Gasteiger partial charge in [-0.05, 0) is 61.7 Å². The van der Waals surface area contributed by atoms with Gasteiger partial charge in [-0.3, -0.25) is 9.69 Å². The molecule has 0 saturated carbocycles. The topological polar surface area (TPSA) is 32.3 Å². The van der Waals surface area contributed by atoms with Gasteiger partial charge >= 0.3 is 0 Å². The Morgan fingerprint density at radius 2 is 1.75 bits per heavy atom. The third kappa shape index (κ3) is 4.20. The van der Waals surface area contributed by atoms with Crippen molar-refractivity contribution in [3.05, 3.63) is 70.5 Å². The van der Waals surface area contributed by atoms with Gasteiger partial charge in [0.05, 0.1) is 0 Å². The van der Waals surface area contributed by atoms with Crippen molar-refractivity contribution < 1.29 is 9.18 Å². The zero-order valence-electron chi connectivity index (χ0n) is 14.0. The molecule has 2 aromatic rings. The van der Waals surface area contributed by atoms with Crippen LogP contribution in [-0.4, -0.2) is 23.9 Å². The van der Waals surface area contributed by atoms with Crippen molar-refractivity contribution in [1.29, 1.82) is 0 Å². The molecule has 0 unspecified atom stereocenters. The Morgan fingerprint density at radius 3 is 2.46 bits per heavy atom. The van der Waals surface area contributed by atoms with Crippen LogP contribution in [0.1, 0.15) is 39.9 Å². The van der Waals surface area contributed by atoms with E-state index in [0.717, 1.165) is 17.7 Å². The summed E-state index contributed by atoms with van der Waals surface area (Å²) < 4.78 is 13.3. The van der Waals surface area contributed by atoms with Crippen molar-refractivity contribution >= 4 is 5.91 Å². The average Bonchev–Trinajstić information content (AvgIpc) is 3.09. The minimum Gasteiger partial charge on any atom is -0.348 e. The first-order chi connectivity index (χ1) is 11.6. The fourth-order valence-electron chi connectivity index (χ4n) is 3.08. The summed E-state index contributed by atoms with van der Waals surface area (Å²) >= 11 is 0. The highest BCUT2D eigenvalue weighted by Gasteiger charge is 2.12. The van der Waals surface area contributed by atoms with Crippen molar-refractivity contribution in [2.24, 2.45) is 0 Å². The molecule has 1 aliphatic heterocycles. The molecule has 1 amide bonds. The first kappa shape index (κ1) is 16.7. The van der Waals surface area contributed by atoms with Crippen LogP contribution in [-0.2, 0) is 13.1 Å². The molecule has 0 bridgehead atoms. The molecule has 0 atom stereocenters. The highest BCUT2D eigenvalue weighted by Crippen LogP contribution is 2.14. The zero-order valence-corrected chi connectivity index (χ0v) is 14.0. The maximum Gasteiger partial charge on any atom is 0.251 e. The molecule has 0 radical (unpaired) electrons. The maximum atomic E-state index is 13.3. The van der Waals surface area contributed by atoms with E-state index in [-0.39, 0.29) is 5.91 Å². The number of benzene rings is 2. The van der Waals surface area contributed by atoms with E-state index in [1.807, 2.05) is 19.1 Å². The Kier molecular flexibility index (Phi) is 5.26. The van der Waals surface area contributed by atoms with Gasteiger partial charge in [0.25, 0.3) is 5.91 Å². The predicted molar refractivity (Wildman–Crippen MR) is 93.3 cm³/mol. The molecule has 1 fully saturated rings. The van der Waals surface area contributed by atoms with Gasteiger partial charge in [-0.2, -0.15) is 0 Å². The third-order valence-corrected chi connectivity index (χ3v) is 4.53. The zero-order chi connectivity index (χ0) is 16.9. The average molecular weight is 326 g/mol. The lowest BCUT2D eigenvalue weighted by atomic mass is 10.1. The molecule has 0 aromatic heterocycles. The predicted octanol–water partition coefficient (Wildman–Crippen LogP) is 3.66. The van der Waals surface area contributed by atoms with E-state index in [9.17, 15) is 9.18 Å².